The fourth-order valence-corrected chi connectivity index (χ4v) is 12.8. The number of para-hydroxylation sites is 1. The number of hydrogen-bond donors (Lipinski definition) is 0. The van der Waals surface area contributed by atoms with Gasteiger partial charge in [0.15, 0.2) is 0 Å². The van der Waals surface area contributed by atoms with Crippen molar-refractivity contribution >= 4 is 0 Å². The average molecular weight is 961 g/mol. The number of benzene rings is 10. The largest absolute Gasteiger partial charge is 0.457 e. The Morgan fingerprint density at radius 1 is 0.240 bits per heavy atom. The lowest BCUT2D eigenvalue weighted by Crippen LogP contribution is -2.32. The molecule has 0 saturated carbocycles. The predicted octanol–water partition coefficient (Wildman–Crippen LogP) is 16.1. The minimum Gasteiger partial charge on any atom is -0.457 e. The molecule has 0 bridgehead atoms. The first kappa shape index (κ1) is 41.6. The van der Waals surface area contributed by atoms with Crippen LogP contribution < -0.4 is 9.47 Å². The minimum absolute atomic E-state index is 0.413. The summed E-state index contributed by atoms with van der Waals surface area (Å²) >= 11 is 0. The van der Waals surface area contributed by atoms with Gasteiger partial charge < -0.3 is 13.9 Å². The molecule has 7 nitrogen and oxygen atoms in total. The number of aromatic nitrogens is 4. The number of ether oxygens (including phenoxy) is 2. The highest BCUT2D eigenvalue weighted by Gasteiger charge is 2.52. The highest BCUT2D eigenvalue weighted by Crippen LogP contribution is 2.64. The van der Waals surface area contributed by atoms with Crippen molar-refractivity contribution < 1.29 is 13.9 Å². The fraction of sp³-hybridized carbons (Fsp3) is 0.0294. The second kappa shape index (κ2) is 15.8. The molecule has 0 saturated heterocycles. The number of nitrogens with zero attached hydrogens (tertiary/aromatic N) is 4. The van der Waals surface area contributed by atoms with Crippen LogP contribution in [0, 0.1) is 0 Å². The molecule has 2 aromatic heterocycles. The smallest absolute Gasteiger partial charge is 0.248 e. The molecular formula is C68H40N4O3. The topological polar surface area (TPSA) is 83.2 Å². The summed E-state index contributed by atoms with van der Waals surface area (Å²) in [5.41, 5.74) is 20.3. The minimum atomic E-state index is -0.612. The lowest BCUT2D eigenvalue weighted by Gasteiger charge is -2.39. The molecule has 2 aliphatic heterocycles. The molecule has 350 valence electrons. The molecule has 0 N–H and O–H groups in total. The van der Waals surface area contributed by atoms with Gasteiger partial charge in [-0.2, -0.15) is 0 Å². The van der Waals surface area contributed by atoms with E-state index >= 15 is 0 Å². The van der Waals surface area contributed by atoms with Gasteiger partial charge in [0.2, 0.25) is 11.8 Å². The van der Waals surface area contributed by atoms with E-state index in [9.17, 15) is 0 Å². The van der Waals surface area contributed by atoms with E-state index in [1.807, 2.05) is 66.7 Å². The van der Waals surface area contributed by atoms with Crippen molar-refractivity contribution in [2.24, 2.45) is 0 Å². The van der Waals surface area contributed by atoms with Gasteiger partial charge in [0.05, 0.1) is 22.2 Å². The lowest BCUT2D eigenvalue weighted by molar-refractivity contribution is 0.436. The third kappa shape index (κ3) is 5.86. The molecule has 0 amide bonds. The van der Waals surface area contributed by atoms with Crippen LogP contribution >= 0.6 is 0 Å². The van der Waals surface area contributed by atoms with Crippen molar-refractivity contribution in [2.75, 3.05) is 0 Å². The Hall–Kier alpha value is -9.98. The van der Waals surface area contributed by atoms with Gasteiger partial charge in [-0.1, -0.05) is 188 Å². The van der Waals surface area contributed by atoms with E-state index in [0.717, 1.165) is 90.0 Å². The first-order chi connectivity index (χ1) is 37.1. The van der Waals surface area contributed by atoms with Crippen LogP contribution in [0.5, 0.6) is 23.0 Å². The first-order valence-corrected chi connectivity index (χ1v) is 25.3. The van der Waals surface area contributed by atoms with Gasteiger partial charge in [-0.25, -0.2) is 0 Å². The van der Waals surface area contributed by atoms with Crippen molar-refractivity contribution in [3.63, 3.8) is 0 Å². The van der Waals surface area contributed by atoms with E-state index in [0.29, 0.717) is 11.8 Å². The molecule has 0 atom stereocenters. The van der Waals surface area contributed by atoms with E-state index in [1.54, 1.807) is 0 Å². The molecule has 2 spiro atoms. The Morgan fingerprint density at radius 2 is 0.613 bits per heavy atom. The summed E-state index contributed by atoms with van der Waals surface area (Å²) in [6.07, 6.45) is 0. The Bertz CT molecular complexity index is 4220. The van der Waals surface area contributed by atoms with Gasteiger partial charge in [0.25, 0.3) is 0 Å². The van der Waals surface area contributed by atoms with Crippen LogP contribution in [0.1, 0.15) is 44.5 Å². The van der Waals surface area contributed by atoms with Crippen LogP contribution in [-0.2, 0) is 10.8 Å². The third-order valence-corrected chi connectivity index (χ3v) is 16.0. The Morgan fingerprint density at radius 3 is 1.16 bits per heavy atom. The standard InChI is InChI=1S/C68H40N4O3/c1-2-14-42(15-3-1)59-36-37-60(70-69-59)45-31-34-57-63(39-45)74-62-38-44(30-33-56(62)68(57)53-22-10-6-18-49(53)50-19-7-11-23-54(50)68)41-26-28-43(29-27-41)65-71-72-66(75-65)46-32-35-58-64(40-46)73-61-25-13-12-24-55(61)67(58)51-20-8-4-16-47(51)48-17-5-9-21-52(48)67/h1-40H. The van der Waals surface area contributed by atoms with Gasteiger partial charge in [0.1, 0.15) is 23.0 Å². The quantitative estimate of drug-likeness (QED) is 0.170. The van der Waals surface area contributed by atoms with Crippen molar-refractivity contribution in [1.29, 1.82) is 0 Å². The van der Waals surface area contributed by atoms with Gasteiger partial charge in [-0.05, 0) is 110 Å². The van der Waals surface area contributed by atoms with Crippen LogP contribution in [0.2, 0.25) is 0 Å². The summed E-state index contributed by atoms with van der Waals surface area (Å²) in [6.45, 7) is 0. The van der Waals surface area contributed by atoms with Crippen molar-refractivity contribution in [1.82, 2.24) is 20.4 Å². The number of hydrogen-bond acceptors (Lipinski definition) is 7. The van der Waals surface area contributed by atoms with Crippen LogP contribution in [-0.4, -0.2) is 20.4 Å². The zero-order valence-corrected chi connectivity index (χ0v) is 40.1. The maximum atomic E-state index is 7.07. The maximum absolute atomic E-state index is 7.07. The van der Waals surface area contributed by atoms with E-state index in [-0.39, 0.29) is 0 Å². The molecule has 75 heavy (non-hydrogen) atoms. The summed E-state index contributed by atoms with van der Waals surface area (Å²) < 4.78 is 20.3. The van der Waals surface area contributed by atoms with Crippen LogP contribution in [0.3, 0.4) is 0 Å². The van der Waals surface area contributed by atoms with Crippen LogP contribution in [0.25, 0.3) is 78.8 Å². The molecule has 7 heteroatoms. The molecule has 16 rings (SSSR count). The summed E-state index contributed by atoms with van der Waals surface area (Å²) in [5.74, 6) is 4.01. The van der Waals surface area contributed by atoms with Gasteiger partial charge in [-0.15, -0.1) is 20.4 Å². The molecule has 4 aliphatic rings. The SMILES string of the molecule is c1ccc(-c2ccc(-c3ccc4c(c3)Oc3cc(-c5ccc(-c6nnc(-c7ccc8c(c7)Oc7ccccc7C87c8ccccc8-c8ccccc87)o6)cc5)ccc3C43c4ccccc4-c4ccccc43)nn2)cc1. The maximum Gasteiger partial charge on any atom is 0.248 e. The molecule has 12 aromatic rings. The second-order valence-corrected chi connectivity index (χ2v) is 19.7. The van der Waals surface area contributed by atoms with E-state index in [2.05, 4.69) is 191 Å². The second-order valence-electron chi connectivity index (χ2n) is 19.7. The van der Waals surface area contributed by atoms with Crippen molar-refractivity contribution in [3.8, 4) is 102 Å². The predicted molar refractivity (Wildman–Crippen MR) is 292 cm³/mol. The number of rotatable bonds is 5. The zero-order valence-electron chi connectivity index (χ0n) is 40.1. The fourth-order valence-electron chi connectivity index (χ4n) is 12.8. The molecule has 2 aliphatic carbocycles. The van der Waals surface area contributed by atoms with Crippen LogP contribution in [0.4, 0.5) is 0 Å². The third-order valence-electron chi connectivity index (χ3n) is 16.0. The highest BCUT2D eigenvalue weighted by atomic mass is 16.5. The summed E-state index contributed by atoms with van der Waals surface area (Å²) in [7, 11) is 0. The highest BCUT2D eigenvalue weighted by molar-refractivity contribution is 5.91. The molecule has 0 fully saturated rings. The normalized spacial score (nSPS) is 14.0. The Balaban J connectivity index is 0.744. The van der Waals surface area contributed by atoms with Gasteiger partial charge >= 0.3 is 0 Å². The average Bonchev–Trinajstić information content (AvgIpc) is 4.18. The van der Waals surface area contributed by atoms with E-state index in [4.69, 9.17) is 19.0 Å². The van der Waals surface area contributed by atoms with Crippen molar-refractivity contribution in [2.45, 2.75) is 10.8 Å². The molecule has 0 radical (unpaired) electrons. The molecular weight excluding hydrogens is 921 g/mol. The zero-order chi connectivity index (χ0) is 49.2. The van der Waals surface area contributed by atoms with Gasteiger partial charge in [-0.3, -0.25) is 0 Å². The molecule has 10 aromatic carbocycles. The Kier molecular flexibility index (Phi) is 8.74. The molecule has 0 unspecified atom stereocenters. The molecule has 4 heterocycles. The Labute approximate surface area is 432 Å². The van der Waals surface area contributed by atoms with Crippen molar-refractivity contribution in [3.05, 3.63) is 287 Å². The van der Waals surface area contributed by atoms with Gasteiger partial charge in [0, 0.05) is 44.5 Å². The summed E-state index contributed by atoms with van der Waals surface area (Å²) in [6, 6.07) is 85.3. The summed E-state index contributed by atoms with van der Waals surface area (Å²) in [4.78, 5) is 0. The summed E-state index contributed by atoms with van der Waals surface area (Å²) in [5, 5.41) is 18.5. The van der Waals surface area contributed by atoms with E-state index < -0.39 is 10.8 Å². The van der Waals surface area contributed by atoms with Crippen LogP contribution in [0.15, 0.2) is 247 Å². The first-order valence-electron chi connectivity index (χ1n) is 25.3. The monoisotopic (exact) mass is 960 g/mol. The number of fused-ring (bicyclic) bond motifs is 18. The lowest BCUT2D eigenvalue weighted by atomic mass is 9.66. The van der Waals surface area contributed by atoms with E-state index in [1.165, 1.54) is 44.5 Å².